The van der Waals surface area contributed by atoms with Crippen molar-refractivity contribution in [3.05, 3.63) is 57.8 Å². The third-order valence-corrected chi connectivity index (χ3v) is 4.05. The summed E-state index contributed by atoms with van der Waals surface area (Å²) in [6.45, 7) is 0. The van der Waals surface area contributed by atoms with Crippen LogP contribution in [0.4, 0.5) is 0 Å². The Labute approximate surface area is 117 Å². The van der Waals surface area contributed by atoms with Crippen LogP contribution in [-0.4, -0.2) is 12.1 Å². The molecule has 3 heteroatoms. The van der Waals surface area contributed by atoms with Gasteiger partial charge in [0, 0.05) is 17.7 Å². The monoisotopic (exact) mass is 272 g/mol. The van der Waals surface area contributed by atoms with Gasteiger partial charge in [-0.3, -0.25) is 9.59 Å². The van der Waals surface area contributed by atoms with Crippen LogP contribution in [0.1, 0.15) is 33.0 Å². The molecule has 0 spiro atoms. The predicted octanol–water partition coefficient (Wildman–Crippen LogP) is 3.70. The van der Waals surface area contributed by atoms with E-state index in [1.807, 2.05) is 36.4 Å². The summed E-state index contributed by atoms with van der Waals surface area (Å²) in [6, 6.07) is 13.8. The number of thiophene rings is 1. The van der Waals surface area contributed by atoms with Crippen LogP contribution >= 0.6 is 11.3 Å². The van der Waals surface area contributed by atoms with E-state index in [1.165, 1.54) is 16.9 Å². The molecule has 0 N–H and O–H groups in total. The van der Waals surface area contributed by atoms with Crippen molar-refractivity contribution in [2.75, 3.05) is 0 Å². The first kappa shape index (κ1) is 13.7. The number of rotatable bonds is 7. The fraction of sp³-hybridized carbons (Fsp3) is 0.250. The average Bonchev–Trinajstić information content (AvgIpc) is 2.92. The van der Waals surface area contributed by atoms with Gasteiger partial charge in [0.25, 0.3) is 0 Å². The zero-order chi connectivity index (χ0) is 13.5. The lowest BCUT2D eigenvalue weighted by molar-refractivity contribution is -0.119. The minimum atomic E-state index is 0.282. The molecular formula is C16H16O2S. The van der Waals surface area contributed by atoms with Gasteiger partial charge in [0.05, 0.1) is 4.88 Å². The molecule has 0 aliphatic carbocycles. The molecule has 98 valence electrons. The standard InChI is InChI=1S/C16H16O2S/c17-12-16-11-10-15(19-16)9-8-14(18)7-6-13-4-2-1-3-5-13/h1-5,10-12H,6-9H2. The van der Waals surface area contributed by atoms with Crippen molar-refractivity contribution >= 4 is 23.4 Å². The Hall–Kier alpha value is -1.74. The van der Waals surface area contributed by atoms with E-state index in [9.17, 15) is 9.59 Å². The predicted molar refractivity (Wildman–Crippen MR) is 77.8 cm³/mol. The number of ketones is 1. The summed E-state index contributed by atoms with van der Waals surface area (Å²) in [5.74, 6) is 0.282. The summed E-state index contributed by atoms with van der Waals surface area (Å²) in [7, 11) is 0. The molecule has 2 rings (SSSR count). The highest BCUT2D eigenvalue weighted by Crippen LogP contribution is 2.17. The minimum Gasteiger partial charge on any atom is -0.300 e. The Bertz CT molecular complexity index is 543. The van der Waals surface area contributed by atoms with Crippen molar-refractivity contribution in [2.24, 2.45) is 0 Å². The van der Waals surface area contributed by atoms with E-state index >= 15 is 0 Å². The smallest absolute Gasteiger partial charge is 0.160 e. The minimum absolute atomic E-state index is 0.282. The summed E-state index contributed by atoms with van der Waals surface area (Å²) < 4.78 is 0. The maximum atomic E-state index is 11.8. The average molecular weight is 272 g/mol. The Kier molecular flexibility index (Phi) is 5.04. The highest BCUT2D eigenvalue weighted by molar-refractivity contribution is 7.13. The lowest BCUT2D eigenvalue weighted by atomic mass is 10.0. The quantitative estimate of drug-likeness (QED) is 0.720. The van der Waals surface area contributed by atoms with Gasteiger partial charge in [-0.25, -0.2) is 0 Å². The van der Waals surface area contributed by atoms with Crippen molar-refractivity contribution < 1.29 is 9.59 Å². The fourth-order valence-corrected chi connectivity index (χ4v) is 2.74. The van der Waals surface area contributed by atoms with Gasteiger partial charge >= 0.3 is 0 Å². The van der Waals surface area contributed by atoms with Crippen LogP contribution in [-0.2, 0) is 17.6 Å². The molecule has 0 bridgehead atoms. The molecule has 0 aliphatic rings. The molecule has 0 unspecified atom stereocenters. The molecule has 0 amide bonds. The number of hydrogen-bond donors (Lipinski definition) is 0. The second-order valence-corrected chi connectivity index (χ2v) is 5.65. The first-order valence-corrected chi connectivity index (χ1v) is 7.19. The van der Waals surface area contributed by atoms with Gasteiger partial charge in [0.2, 0.25) is 0 Å². The Balaban J connectivity index is 1.74. The number of benzene rings is 1. The van der Waals surface area contributed by atoms with Gasteiger partial charge in [-0.05, 0) is 30.5 Å². The van der Waals surface area contributed by atoms with Gasteiger partial charge in [-0.15, -0.1) is 11.3 Å². The van der Waals surface area contributed by atoms with Crippen molar-refractivity contribution in [2.45, 2.75) is 25.7 Å². The van der Waals surface area contributed by atoms with E-state index in [-0.39, 0.29) is 5.78 Å². The van der Waals surface area contributed by atoms with E-state index < -0.39 is 0 Å². The van der Waals surface area contributed by atoms with Crippen LogP contribution in [0.15, 0.2) is 42.5 Å². The second-order valence-electron chi connectivity index (χ2n) is 4.45. The highest BCUT2D eigenvalue weighted by Gasteiger charge is 2.05. The van der Waals surface area contributed by atoms with E-state index in [0.29, 0.717) is 12.8 Å². The molecular weight excluding hydrogens is 256 g/mol. The zero-order valence-electron chi connectivity index (χ0n) is 10.7. The summed E-state index contributed by atoms with van der Waals surface area (Å²) >= 11 is 1.47. The first-order valence-electron chi connectivity index (χ1n) is 6.37. The summed E-state index contributed by atoms with van der Waals surface area (Å²) in [4.78, 5) is 24.2. The summed E-state index contributed by atoms with van der Waals surface area (Å²) in [5.41, 5.74) is 1.20. The van der Waals surface area contributed by atoms with Crippen LogP contribution in [0.25, 0.3) is 0 Å². The number of carbonyl (C=O) groups is 2. The normalized spacial score (nSPS) is 10.3. The molecule has 0 aliphatic heterocycles. The van der Waals surface area contributed by atoms with E-state index in [2.05, 4.69) is 0 Å². The molecule has 1 aromatic heterocycles. The molecule has 0 fully saturated rings. The van der Waals surface area contributed by atoms with Crippen LogP contribution in [0.5, 0.6) is 0 Å². The maximum absolute atomic E-state index is 11.8. The third-order valence-electron chi connectivity index (χ3n) is 2.98. The van der Waals surface area contributed by atoms with Crippen LogP contribution in [0.3, 0.4) is 0 Å². The van der Waals surface area contributed by atoms with E-state index in [4.69, 9.17) is 0 Å². The first-order chi connectivity index (χ1) is 9.28. The van der Waals surface area contributed by atoms with E-state index in [1.54, 1.807) is 6.07 Å². The third kappa shape index (κ3) is 4.45. The number of hydrogen-bond acceptors (Lipinski definition) is 3. The lowest BCUT2D eigenvalue weighted by Gasteiger charge is -2.01. The second kappa shape index (κ2) is 7.00. The molecule has 0 atom stereocenters. The molecule has 19 heavy (non-hydrogen) atoms. The van der Waals surface area contributed by atoms with Crippen LogP contribution in [0, 0.1) is 0 Å². The Morgan fingerprint density at radius 3 is 2.42 bits per heavy atom. The summed E-state index contributed by atoms with van der Waals surface area (Å²) in [6.07, 6.45) is 3.56. The van der Waals surface area contributed by atoms with Gasteiger partial charge in [0.15, 0.2) is 6.29 Å². The van der Waals surface area contributed by atoms with Crippen molar-refractivity contribution in [3.8, 4) is 0 Å². The topological polar surface area (TPSA) is 34.1 Å². The molecule has 0 saturated carbocycles. The maximum Gasteiger partial charge on any atom is 0.160 e. The SMILES string of the molecule is O=Cc1ccc(CCC(=O)CCc2ccccc2)s1. The molecule has 0 radical (unpaired) electrons. The number of aryl methyl sites for hydroxylation is 2. The largest absolute Gasteiger partial charge is 0.300 e. The van der Waals surface area contributed by atoms with Gasteiger partial charge in [-0.2, -0.15) is 0 Å². The van der Waals surface area contributed by atoms with Gasteiger partial charge < -0.3 is 0 Å². The zero-order valence-corrected chi connectivity index (χ0v) is 11.5. The van der Waals surface area contributed by atoms with Crippen LogP contribution in [0.2, 0.25) is 0 Å². The number of carbonyl (C=O) groups excluding carboxylic acids is 2. The molecule has 1 heterocycles. The Morgan fingerprint density at radius 2 is 1.74 bits per heavy atom. The fourth-order valence-electron chi connectivity index (χ4n) is 1.91. The number of Topliss-reactive ketones (excluding diaryl/α,β-unsaturated/α-hetero) is 1. The molecule has 2 nitrogen and oxygen atoms in total. The molecule has 1 aromatic carbocycles. The molecule has 2 aromatic rings. The molecule has 0 saturated heterocycles. The summed E-state index contributed by atoms with van der Waals surface area (Å²) in [5, 5.41) is 0. The number of aldehydes is 1. The highest BCUT2D eigenvalue weighted by atomic mass is 32.1. The Morgan fingerprint density at radius 1 is 1.00 bits per heavy atom. The van der Waals surface area contributed by atoms with Gasteiger partial charge in [-0.1, -0.05) is 30.3 Å². The van der Waals surface area contributed by atoms with E-state index in [0.717, 1.165) is 28.9 Å². The van der Waals surface area contributed by atoms with Crippen molar-refractivity contribution in [1.29, 1.82) is 0 Å². The van der Waals surface area contributed by atoms with Gasteiger partial charge in [0.1, 0.15) is 5.78 Å². The van der Waals surface area contributed by atoms with Crippen LogP contribution < -0.4 is 0 Å². The van der Waals surface area contributed by atoms with Crippen molar-refractivity contribution in [3.63, 3.8) is 0 Å². The van der Waals surface area contributed by atoms with Crippen molar-refractivity contribution in [1.82, 2.24) is 0 Å². The lowest BCUT2D eigenvalue weighted by Crippen LogP contribution is -2.01.